The highest BCUT2D eigenvalue weighted by molar-refractivity contribution is 7.99. The van der Waals surface area contributed by atoms with Gasteiger partial charge < -0.3 is 5.32 Å². The van der Waals surface area contributed by atoms with Crippen molar-refractivity contribution < 1.29 is 0 Å². The van der Waals surface area contributed by atoms with Gasteiger partial charge in [0.15, 0.2) is 0 Å². The Balaban J connectivity index is 2.62. The van der Waals surface area contributed by atoms with Crippen LogP contribution in [0, 0.1) is 18.3 Å². The Morgan fingerprint density at radius 1 is 1.53 bits per heavy atom. The summed E-state index contributed by atoms with van der Waals surface area (Å²) in [5, 5.41) is 12.6. The third-order valence-corrected chi connectivity index (χ3v) is 3.92. The summed E-state index contributed by atoms with van der Waals surface area (Å²) in [6, 6.07) is 10.8. The second-order valence-corrected chi connectivity index (χ2v) is 6.15. The lowest BCUT2D eigenvalue weighted by molar-refractivity contribution is 0.455. The van der Waals surface area contributed by atoms with E-state index in [0.29, 0.717) is 5.25 Å². The third-order valence-electron chi connectivity index (χ3n) is 2.82. The first-order chi connectivity index (χ1) is 7.99. The van der Waals surface area contributed by atoms with Gasteiger partial charge in [-0.3, -0.25) is 0 Å². The molecule has 17 heavy (non-hydrogen) atoms. The van der Waals surface area contributed by atoms with Crippen LogP contribution in [0.5, 0.6) is 0 Å². The van der Waals surface area contributed by atoms with Gasteiger partial charge in [0.2, 0.25) is 0 Å². The van der Waals surface area contributed by atoms with E-state index in [2.05, 4.69) is 49.5 Å². The second-order valence-electron chi connectivity index (χ2n) is 4.64. The van der Waals surface area contributed by atoms with E-state index in [1.807, 2.05) is 25.7 Å². The van der Waals surface area contributed by atoms with Crippen molar-refractivity contribution >= 4 is 11.8 Å². The minimum atomic E-state index is -0.434. The SMILES string of the molecule is CNC(C)(C#N)CC(C)Sc1cccc(C)c1. The molecular formula is C14H20N2S. The van der Waals surface area contributed by atoms with Crippen LogP contribution < -0.4 is 5.32 Å². The van der Waals surface area contributed by atoms with Crippen LogP contribution in [0.25, 0.3) is 0 Å². The van der Waals surface area contributed by atoms with E-state index in [-0.39, 0.29) is 0 Å². The molecule has 2 atom stereocenters. The van der Waals surface area contributed by atoms with Crippen LogP contribution in [0.1, 0.15) is 25.8 Å². The Morgan fingerprint density at radius 3 is 2.76 bits per heavy atom. The van der Waals surface area contributed by atoms with Crippen LogP contribution in [0.15, 0.2) is 29.2 Å². The quantitative estimate of drug-likeness (QED) is 0.812. The number of aryl methyl sites for hydroxylation is 1. The van der Waals surface area contributed by atoms with Gasteiger partial charge >= 0.3 is 0 Å². The van der Waals surface area contributed by atoms with Crippen molar-refractivity contribution in [2.24, 2.45) is 0 Å². The minimum Gasteiger partial charge on any atom is -0.303 e. The maximum Gasteiger partial charge on any atom is 0.104 e. The van der Waals surface area contributed by atoms with Gasteiger partial charge in [0, 0.05) is 10.1 Å². The summed E-state index contributed by atoms with van der Waals surface area (Å²) in [7, 11) is 1.84. The van der Waals surface area contributed by atoms with Gasteiger partial charge in [-0.1, -0.05) is 24.6 Å². The van der Waals surface area contributed by atoms with Gasteiger partial charge in [0.05, 0.1) is 6.07 Å². The Hall–Kier alpha value is -0.980. The Labute approximate surface area is 108 Å². The molecule has 1 rings (SSSR count). The third kappa shape index (κ3) is 4.41. The summed E-state index contributed by atoms with van der Waals surface area (Å²) in [6.45, 7) is 6.21. The lowest BCUT2D eigenvalue weighted by Crippen LogP contribution is -2.40. The van der Waals surface area contributed by atoms with Crippen LogP contribution in [-0.4, -0.2) is 17.8 Å². The number of hydrogen-bond acceptors (Lipinski definition) is 3. The topological polar surface area (TPSA) is 35.8 Å². The van der Waals surface area contributed by atoms with Gasteiger partial charge in [-0.25, -0.2) is 0 Å². The molecule has 0 fully saturated rings. The molecular weight excluding hydrogens is 228 g/mol. The molecule has 0 saturated carbocycles. The zero-order valence-electron chi connectivity index (χ0n) is 10.9. The van der Waals surface area contributed by atoms with Crippen molar-refractivity contribution in [2.75, 3.05) is 7.05 Å². The minimum absolute atomic E-state index is 0.411. The molecule has 92 valence electrons. The average molecular weight is 248 g/mol. The number of rotatable bonds is 5. The maximum atomic E-state index is 9.12. The lowest BCUT2D eigenvalue weighted by atomic mass is 9.98. The molecule has 0 aliphatic carbocycles. The maximum absolute atomic E-state index is 9.12. The van der Waals surface area contributed by atoms with Crippen molar-refractivity contribution in [1.29, 1.82) is 5.26 Å². The molecule has 1 aromatic rings. The van der Waals surface area contributed by atoms with Gasteiger partial charge in [0.25, 0.3) is 0 Å². The first-order valence-electron chi connectivity index (χ1n) is 5.82. The van der Waals surface area contributed by atoms with Crippen LogP contribution in [0.4, 0.5) is 0 Å². The van der Waals surface area contributed by atoms with Crippen LogP contribution >= 0.6 is 11.8 Å². The number of nitrogens with zero attached hydrogens (tertiary/aromatic N) is 1. The lowest BCUT2D eigenvalue weighted by Gasteiger charge is -2.24. The number of hydrogen-bond donors (Lipinski definition) is 1. The van der Waals surface area contributed by atoms with Gasteiger partial charge in [-0.15, -0.1) is 11.8 Å². The number of thioether (sulfide) groups is 1. The fraction of sp³-hybridized carbons (Fsp3) is 0.500. The second kappa shape index (κ2) is 6.09. The Kier molecular flexibility index (Phi) is 5.04. The predicted molar refractivity (Wildman–Crippen MR) is 74.2 cm³/mol. The number of benzene rings is 1. The normalized spacial score (nSPS) is 15.9. The Bertz CT molecular complexity index is 411. The first-order valence-corrected chi connectivity index (χ1v) is 6.70. The molecule has 0 bridgehead atoms. The van der Waals surface area contributed by atoms with E-state index in [9.17, 15) is 0 Å². The summed E-state index contributed by atoms with van der Waals surface area (Å²) in [5.41, 5.74) is 0.842. The fourth-order valence-electron chi connectivity index (χ4n) is 1.74. The summed E-state index contributed by atoms with van der Waals surface area (Å²) < 4.78 is 0. The van der Waals surface area contributed by atoms with E-state index < -0.39 is 5.54 Å². The van der Waals surface area contributed by atoms with Crippen molar-refractivity contribution in [3.8, 4) is 6.07 Å². The highest BCUT2D eigenvalue weighted by atomic mass is 32.2. The summed E-state index contributed by atoms with van der Waals surface area (Å²) in [5.74, 6) is 0. The number of nitrogens with one attached hydrogen (secondary N) is 1. The highest BCUT2D eigenvalue weighted by Crippen LogP contribution is 2.28. The van der Waals surface area contributed by atoms with Crippen LogP contribution in [0.2, 0.25) is 0 Å². The van der Waals surface area contributed by atoms with E-state index in [0.717, 1.165) is 6.42 Å². The molecule has 0 amide bonds. The van der Waals surface area contributed by atoms with Crippen LogP contribution in [0.3, 0.4) is 0 Å². The molecule has 0 heterocycles. The molecule has 3 heteroatoms. The molecule has 1 aromatic carbocycles. The molecule has 0 saturated heterocycles. The smallest absolute Gasteiger partial charge is 0.104 e. The predicted octanol–water partition coefficient (Wildman–Crippen LogP) is 3.37. The largest absolute Gasteiger partial charge is 0.303 e. The number of nitriles is 1. The molecule has 2 unspecified atom stereocenters. The molecule has 1 N–H and O–H groups in total. The monoisotopic (exact) mass is 248 g/mol. The molecule has 0 spiro atoms. The average Bonchev–Trinajstić information content (AvgIpc) is 2.28. The van der Waals surface area contributed by atoms with Crippen molar-refractivity contribution in [3.63, 3.8) is 0 Å². The zero-order valence-corrected chi connectivity index (χ0v) is 11.8. The molecule has 0 aliphatic heterocycles. The molecule has 0 aliphatic rings. The van der Waals surface area contributed by atoms with Crippen LogP contribution in [-0.2, 0) is 0 Å². The van der Waals surface area contributed by atoms with Crippen molar-refractivity contribution in [3.05, 3.63) is 29.8 Å². The summed E-state index contributed by atoms with van der Waals surface area (Å²) >= 11 is 1.82. The summed E-state index contributed by atoms with van der Waals surface area (Å²) in [6.07, 6.45) is 0.832. The van der Waals surface area contributed by atoms with E-state index in [1.54, 1.807) is 0 Å². The molecule has 0 radical (unpaired) electrons. The first kappa shape index (κ1) is 14.1. The fourth-order valence-corrected chi connectivity index (χ4v) is 3.03. The van der Waals surface area contributed by atoms with E-state index in [4.69, 9.17) is 5.26 Å². The van der Waals surface area contributed by atoms with Crippen molar-refractivity contribution in [1.82, 2.24) is 5.32 Å². The van der Waals surface area contributed by atoms with E-state index in [1.165, 1.54) is 10.5 Å². The zero-order chi connectivity index (χ0) is 12.9. The van der Waals surface area contributed by atoms with Gasteiger partial charge in [-0.05, 0) is 39.4 Å². The molecule has 2 nitrogen and oxygen atoms in total. The Morgan fingerprint density at radius 2 is 2.24 bits per heavy atom. The standard InChI is InChI=1S/C14H20N2S/c1-11-6-5-7-13(8-11)17-12(2)9-14(3,10-15)16-4/h5-8,12,16H,9H2,1-4H3. The van der Waals surface area contributed by atoms with Crippen molar-refractivity contribution in [2.45, 2.75) is 42.9 Å². The van der Waals surface area contributed by atoms with Gasteiger partial charge in [0.1, 0.15) is 5.54 Å². The molecule has 0 aromatic heterocycles. The van der Waals surface area contributed by atoms with E-state index >= 15 is 0 Å². The summed E-state index contributed by atoms with van der Waals surface area (Å²) in [4.78, 5) is 1.27. The van der Waals surface area contributed by atoms with Gasteiger partial charge in [-0.2, -0.15) is 5.26 Å². The highest BCUT2D eigenvalue weighted by Gasteiger charge is 2.24.